The van der Waals surface area contributed by atoms with Gasteiger partial charge in [0.1, 0.15) is 18.5 Å². The Balaban J connectivity index is 1.68. The number of β-amino-alcohol motifs (C(OH)–C–C–N with tert-alkyl or cyclic N) is 1. The van der Waals surface area contributed by atoms with E-state index in [2.05, 4.69) is 24.1 Å². The summed E-state index contributed by atoms with van der Waals surface area (Å²) in [6.07, 6.45) is 1.88. The lowest BCUT2D eigenvalue weighted by atomic mass is 10.0. The highest BCUT2D eigenvalue weighted by atomic mass is 16.5. The van der Waals surface area contributed by atoms with E-state index in [0.29, 0.717) is 25.2 Å². The van der Waals surface area contributed by atoms with Crippen molar-refractivity contribution in [1.29, 1.82) is 0 Å². The lowest BCUT2D eigenvalue weighted by Crippen LogP contribution is -2.47. The molecule has 2 rings (SSSR count). The molecule has 0 spiro atoms. The molecule has 0 radical (unpaired) electrons. The van der Waals surface area contributed by atoms with E-state index in [1.54, 1.807) is 0 Å². The predicted molar refractivity (Wildman–Crippen MR) is 90.4 cm³/mol. The summed E-state index contributed by atoms with van der Waals surface area (Å²) in [5.74, 6) is 0.862. The van der Waals surface area contributed by atoms with Crippen molar-refractivity contribution < 1.29 is 9.84 Å². The molecule has 1 aliphatic rings. The van der Waals surface area contributed by atoms with Gasteiger partial charge in [0.25, 0.3) is 0 Å². The fourth-order valence-electron chi connectivity index (χ4n) is 3.01. The molecule has 1 unspecified atom stereocenters. The number of benzene rings is 1. The smallest absolute Gasteiger partial charge is 0.122 e. The Labute approximate surface area is 134 Å². The number of likely N-dealkylation sites (tertiary alicyclic amines) is 1. The van der Waals surface area contributed by atoms with Gasteiger partial charge in [0, 0.05) is 18.6 Å². The summed E-state index contributed by atoms with van der Waals surface area (Å²) in [5, 5.41) is 13.8. The van der Waals surface area contributed by atoms with Crippen molar-refractivity contribution in [1.82, 2.24) is 10.2 Å². The SMILES string of the molecule is Cc1ccccc1OCC(O)CN1CCC(NC(C)C)CC1. The second kappa shape index (κ2) is 8.51. The fourth-order valence-corrected chi connectivity index (χ4v) is 3.01. The fraction of sp³-hybridized carbons (Fsp3) is 0.667. The summed E-state index contributed by atoms with van der Waals surface area (Å²) < 4.78 is 5.72. The highest BCUT2D eigenvalue weighted by Crippen LogP contribution is 2.17. The summed E-state index contributed by atoms with van der Waals surface area (Å²) in [6, 6.07) is 9.09. The number of aryl methyl sites for hydroxylation is 1. The third-order valence-electron chi connectivity index (χ3n) is 4.15. The monoisotopic (exact) mass is 306 g/mol. The van der Waals surface area contributed by atoms with Crippen molar-refractivity contribution in [2.45, 2.75) is 51.8 Å². The van der Waals surface area contributed by atoms with Crippen LogP contribution in [-0.4, -0.2) is 54.4 Å². The van der Waals surface area contributed by atoms with Crippen molar-refractivity contribution in [3.8, 4) is 5.75 Å². The molecule has 1 atom stereocenters. The molecule has 0 aliphatic carbocycles. The lowest BCUT2D eigenvalue weighted by Gasteiger charge is -2.34. The van der Waals surface area contributed by atoms with Gasteiger partial charge in [-0.3, -0.25) is 0 Å². The Kier molecular flexibility index (Phi) is 6.68. The highest BCUT2D eigenvalue weighted by Gasteiger charge is 2.21. The van der Waals surface area contributed by atoms with E-state index < -0.39 is 6.10 Å². The van der Waals surface area contributed by atoms with Crippen molar-refractivity contribution in [2.24, 2.45) is 0 Å². The molecule has 1 fully saturated rings. The van der Waals surface area contributed by atoms with Crippen LogP contribution in [0.2, 0.25) is 0 Å². The van der Waals surface area contributed by atoms with E-state index in [0.717, 1.165) is 37.2 Å². The van der Waals surface area contributed by atoms with Crippen LogP contribution in [0.3, 0.4) is 0 Å². The maximum Gasteiger partial charge on any atom is 0.122 e. The van der Waals surface area contributed by atoms with Crippen molar-refractivity contribution in [3.63, 3.8) is 0 Å². The lowest BCUT2D eigenvalue weighted by molar-refractivity contribution is 0.0572. The number of nitrogens with zero attached hydrogens (tertiary/aromatic N) is 1. The van der Waals surface area contributed by atoms with E-state index in [4.69, 9.17) is 4.74 Å². The molecule has 4 nitrogen and oxygen atoms in total. The quantitative estimate of drug-likeness (QED) is 0.810. The van der Waals surface area contributed by atoms with E-state index in [1.165, 1.54) is 0 Å². The molecule has 4 heteroatoms. The third-order valence-corrected chi connectivity index (χ3v) is 4.15. The molecule has 1 aromatic carbocycles. The van der Waals surface area contributed by atoms with Crippen LogP contribution >= 0.6 is 0 Å². The van der Waals surface area contributed by atoms with Gasteiger partial charge >= 0.3 is 0 Å². The van der Waals surface area contributed by atoms with Gasteiger partial charge in [-0.15, -0.1) is 0 Å². The van der Waals surface area contributed by atoms with E-state index in [9.17, 15) is 5.11 Å². The van der Waals surface area contributed by atoms with Crippen LogP contribution in [0, 0.1) is 6.92 Å². The largest absolute Gasteiger partial charge is 0.491 e. The number of nitrogens with one attached hydrogen (secondary N) is 1. The number of aliphatic hydroxyl groups excluding tert-OH is 1. The molecule has 0 bridgehead atoms. The molecule has 0 amide bonds. The summed E-state index contributed by atoms with van der Waals surface area (Å²) in [5.41, 5.74) is 1.11. The van der Waals surface area contributed by atoms with Gasteiger partial charge in [-0.25, -0.2) is 0 Å². The Hall–Kier alpha value is -1.10. The zero-order valence-electron chi connectivity index (χ0n) is 14.1. The minimum absolute atomic E-state index is 0.356. The number of rotatable bonds is 7. The first-order valence-electron chi connectivity index (χ1n) is 8.39. The molecule has 1 heterocycles. The van der Waals surface area contributed by atoms with Crippen LogP contribution in [0.4, 0.5) is 0 Å². The number of piperidine rings is 1. The molecule has 1 saturated heterocycles. The molecule has 0 saturated carbocycles. The minimum Gasteiger partial charge on any atom is -0.491 e. The topological polar surface area (TPSA) is 44.7 Å². The third kappa shape index (κ3) is 5.59. The van der Waals surface area contributed by atoms with Gasteiger partial charge in [0.15, 0.2) is 0 Å². The first kappa shape index (κ1) is 17.3. The molecule has 1 aliphatic heterocycles. The normalized spacial score (nSPS) is 18.6. The molecular formula is C18H30N2O2. The minimum atomic E-state index is -0.436. The zero-order chi connectivity index (χ0) is 15.9. The molecule has 124 valence electrons. The summed E-state index contributed by atoms with van der Waals surface area (Å²) in [7, 11) is 0. The van der Waals surface area contributed by atoms with Gasteiger partial charge in [0.2, 0.25) is 0 Å². The average Bonchev–Trinajstić information content (AvgIpc) is 2.48. The number of para-hydroxylation sites is 1. The standard InChI is InChI=1S/C18H30N2O2/c1-14(2)19-16-8-10-20(11-9-16)12-17(21)13-22-18-7-5-4-6-15(18)3/h4-7,14,16-17,19,21H,8-13H2,1-3H3. The van der Waals surface area contributed by atoms with Crippen molar-refractivity contribution in [2.75, 3.05) is 26.2 Å². The Bertz CT molecular complexity index is 442. The van der Waals surface area contributed by atoms with Crippen molar-refractivity contribution in [3.05, 3.63) is 29.8 Å². The zero-order valence-corrected chi connectivity index (χ0v) is 14.1. The van der Waals surface area contributed by atoms with Gasteiger partial charge < -0.3 is 20.1 Å². The maximum absolute atomic E-state index is 10.2. The number of ether oxygens (including phenoxy) is 1. The summed E-state index contributed by atoms with van der Waals surface area (Å²) in [6.45, 7) is 9.55. The number of aliphatic hydroxyl groups is 1. The summed E-state index contributed by atoms with van der Waals surface area (Å²) in [4.78, 5) is 2.34. The molecule has 2 N–H and O–H groups in total. The molecular weight excluding hydrogens is 276 g/mol. The first-order chi connectivity index (χ1) is 10.5. The predicted octanol–water partition coefficient (Wildman–Crippen LogP) is 2.20. The second-order valence-corrected chi connectivity index (χ2v) is 6.63. The number of hydrogen-bond acceptors (Lipinski definition) is 4. The number of hydrogen-bond donors (Lipinski definition) is 2. The second-order valence-electron chi connectivity index (χ2n) is 6.63. The maximum atomic E-state index is 10.2. The summed E-state index contributed by atoms with van der Waals surface area (Å²) >= 11 is 0. The molecule has 1 aromatic rings. The van der Waals surface area contributed by atoms with Crippen LogP contribution in [-0.2, 0) is 0 Å². The van der Waals surface area contributed by atoms with Gasteiger partial charge in [-0.1, -0.05) is 32.0 Å². The van der Waals surface area contributed by atoms with Crippen LogP contribution in [0.15, 0.2) is 24.3 Å². The van der Waals surface area contributed by atoms with Crippen LogP contribution in [0.25, 0.3) is 0 Å². The van der Waals surface area contributed by atoms with Crippen LogP contribution < -0.4 is 10.1 Å². The average molecular weight is 306 g/mol. The van der Waals surface area contributed by atoms with Gasteiger partial charge in [-0.2, -0.15) is 0 Å². The Morgan fingerprint density at radius 3 is 2.59 bits per heavy atom. The Morgan fingerprint density at radius 1 is 1.27 bits per heavy atom. The van der Waals surface area contributed by atoms with Gasteiger partial charge in [0.05, 0.1) is 0 Å². The first-order valence-corrected chi connectivity index (χ1v) is 8.39. The van der Waals surface area contributed by atoms with E-state index in [1.807, 2.05) is 31.2 Å². The van der Waals surface area contributed by atoms with Crippen molar-refractivity contribution >= 4 is 0 Å². The molecule has 0 aromatic heterocycles. The van der Waals surface area contributed by atoms with Crippen LogP contribution in [0.1, 0.15) is 32.3 Å². The van der Waals surface area contributed by atoms with Crippen LogP contribution in [0.5, 0.6) is 5.75 Å². The van der Waals surface area contributed by atoms with E-state index >= 15 is 0 Å². The van der Waals surface area contributed by atoms with E-state index in [-0.39, 0.29) is 0 Å². The highest BCUT2D eigenvalue weighted by molar-refractivity contribution is 5.31. The molecule has 22 heavy (non-hydrogen) atoms. The van der Waals surface area contributed by atoms with Gasteiger partial charge in [-0.05, 0) is 44.5 Å². The Morgan fingerprint density at radius 2 is 1.95 bits per heavy atom.